The smallest absolute Gasteiger partial charge is 0.408 e. The maximum atomic E-state index is 12.3. The summed E-state index contributed by atoms with van der Waals surface area (Å²) in [5.41, 5.74) is 3.13. The second-order valence-electron chi connectivity index (χ2n) is 12.9. The molecule has 3 aromatic rings. The number of alkyl halides is 1. The quantitative estimate of drug-likeness (QED) is 0.0843. The van der Waals surface area contributed by atoms with Crippen molar-refractivity contribution >= 4 is 58.2 Å². The van der Waals surface area contributed by atoms with Gasteiger partial charge in [0.1, 0.15) is 64.2 Å². The molecule has 1 aliphatic carbocycles. The standard InChI is InChI=1S/C37H39ClN6O5S2/c1-23(41-36(46)49-37(2,3)4)35(45)48-18-17-47-28-13-9-24(10-14-28)31-29(19-39)32(44-15-5-6-16-44)43-34(30(31)20-40)51-22-27-21-50-33(42-27)25-7-11-26(38)12-8-25/h7-11,13-14,21,23,26H,5-6,12,15-18,22H2,1-4H3,(H,41,46)/t23-,26?/m0/s1. The van der Waals surface area contributed by atoms with Crippen LogP contribution in [0.2, 0.25) is 0 Å². The van der Waals surface area contributed by atoms with Crippen molar-refractivity contribution in [3.05, 3.63) is 69.7 Å². The summed E-state index contributed by atoms with van der Waals surface area (Å²) in [7, 11) is 0. The molecule has 1 aliphatic heterocycles. The molecule has 1 amide bonds. The molecule has 266 valence electrons. The first-order chi connectivity index (χ1) is 24.5. The molecular weight excluding hydrogens is 708 g/mol. The van der Waals surface area contributed by atoms with Gasteiger partial charge < -0.3 is 24.4 Å². The number of rotatable bonds is 12. The number of halogens is 1. The minimum Gasteiger partial charge on any atom is -0.490 e. The molecule has 2 aliphatic rings. The van der Waals surface area contributed by atoms with Crippen LogP contribution in [-0.2, 0) is 20.0 Å². The molecule has 51 heavy (non-hydrogen) atoms. The third-order valence-electron chi connectivity index (χ3n) is 7.80. The minimum atomic E-state index is -0.896. The lowest BCUT2D eigenvalue weighted by atomic mass is 9.96. The Balaban J connectivity index is 1.29. The second kappa shape index (κ2) is 17.1. The number of anilines is 1. The van der Waals surface area contributed by atoms with E-state index in [-0.39, 0.29) is 18.6 Å². The van der Waals surface area contributed by atoms with Gasteiger partial charge >= 0.3 is 12.1 Å². The fraction of sp³-hybridized carbons (Fsp3) is 0.405. The molecule has 11 nitrogen and oxygen atoms in total. The molecular formula is C37H39ClN6O5S2. The highest BCUT2D eigenvalue weighted by molar-refractivity contribution is 7.98. The van der Waals surface area contributed by atoms with Crippen molar-refractivity contribution < 1.29 is 23.8 Å². The molecule has 0 radical (unpaired) electrons. The van der Waals surface area contributed by atoms with Crippen molar-refractivity contribution in [3.63, 3.8) is 0 Å². The highest BCUT2D eigenvalue weighted by Crippen LogP contribution is 2.40. The van der Waals surface area contributed by atoms with Crippen LogP contribution in [0.1, 0.15) is 68.8 Å². The number of nitrogens with one attached hydrogen (secondary N) is 1. The summed E-state index contributed by atoms with van der Waals surface area (Å²) < 4.78 is 16.2. The molecule has 0 bridgehead atoms. The lowest BCUT2D eigenvalue weighted by Gasteiger charge is -2.22. The summed E-state index contributed by atoms with van der Waals surface area (Å²) in [6.07, 6.45) is 8.13. The van der Waals surface area contributed by atoms with Gasteiger partial charge in [-0.2, -0.15) is 10.5 Å². The van der Waals surface area contributed by atoms with Crippen molar-refractivity contribution in [1.82, 2.24) is 15.3 Å². The monoisotopic (exact) mass is 746 g/mol. The summed E-state index contributed by atoms with van der Waals surface area (Å²) in [4.78, 5) is 36.1. The number of amides is 1. The zero-order valence-electron chi connectivity index (χ0n) is 28.9. The normalized spacial score (nSPS) is 16.1. The number of thiazole rings is 1. The molecule has 0 spiro atoms. The number of hydrogen-bond donors (Lipinski definition) is 1. The Morgan fingerprint density at radius 1 is 1.12 bits per heavy atom. The number of hydrogen-bond acceptors (Lipinski definition) is 12. The SMILES string of the molecule is C[C@H](NC(=O)OC(C)(C)C)C(=O)OCCOc1ccc(-c2c(C#N)c(SCc3csc(C4=CCC(Cl)C=C4)n3)nc(N3CCCC3)c2C#N)cc1. The molecule has 14 heteroatoms. The molecule has 1 unspecified atom stereocenters. The van der Waals surface area contributed by atoms with Crippen molar-refractivity contribution in [2.24, 2.45) is 0 Å². The van der Waals surface area contributed by atoms with Gasteiger partial charge in [-0.15, -0.1) is 22.9 Å². The van der Waals surface area contributed by atoms with Gasteiger partial charge in [-0.05, 0) is 64.7 Å². The lowest BCUT2D eigenvalue weighted by Crippen LogP contribution is -2.42. The van der Waals surface area contributed by atoms with Crippen molar-refractivity contribution in [2.45, 2.75) is 74.8 Å². The first-order valence-corrected chi connectivity index (χ1v) is 18.9. The Morgan fingerprint density at radius 2 is 1.84 bits per heavy atom. The zero-order valence-corrected chi connectivity index (χ0v) is 31.3. The average molecular weight is 747 g/mol. The van der Waals surface area contributed by atoms with E-state index in [1.807, 2.05) is 17.5 Å². The molecule has 1 N–H and O–H groups in total. The van der Waals surface area contributed by atoms with E-state index < -0.39 is 23.7 Å². The Morgan fingerprint density at radius 3 is 2.49 bits per heavy atom. The Bertz CT molecular complexity index is 1880. The van der Waals surface area contributed by atoms with Crippen LogP contribution in [0, 0.1) is 22.7 Å². The molecule has 1 fully saturated rings. The molecule has 2 atom stereocenters. The predicted molar refractivity (Wildman–Crippen MR) is 199 cm³/mol. The van der Waals surface area contributed by atoms with Crippen molar-refractivity contribution in [2.75, 3.05) is 31.2 Å². The fourth-order valence-corrected chi connectivity index (χ4v) is 7.39. The Kier molecular flexibility index (Phi) is 12.6. The van der Waals surface area contributed by atoms with Crippen LogP contribution < -0.4 is 15.0 Å². The number of nitrogens with zero attached hydrogens (tertiary/aromatic N) is 5. The van der Waals surface area contributed by atoms with Crippen molar-refractivity contribution in [3.8, 4) is 29.0 Å². The third-order valence-corrected chi connectivity index (χ3v) is 10.1. The van der Waals surface area contributed by atoms with Crippen LogP contribution in [-0.4, -0.2) is 65.4 Å². The van der Waals surface area contributed by atoms with Crippen LogP contribution in [0.25, 0.3) is 16.7 Å². The number of alkyl carbamates (subject to hydrolysis) is 1. The van der Waals surface area contributed by atoms with Crippen LogP contribution in [0.4, 0.5) is 10.6 Å². The van der Waals surface area contributed by atoms with E-state index in [4.69, 9.17) is 35.8 Å². The lowest BCUT2D eigenvalue weighted by molar-refractivity contribution is -0.146. The Hall–Kier alpha value is -4.56. The van der Waals surface area contributed by atoms with Crippen LogP contribution in [0.15, 0.2) is 52.9 Å². The van der Waals surface area contributed by atoms with Gasteiger partial charge in [0.05, 0.1) is 16.6 Å². The Labute approximate surface area is 311 Å². The largest absolute Gasteiger partial charge is 0.490 e. The van der Waals surface area contributed by atoms with Crippen LogP contribution in [0.5, 0.6) is 5.75 Å². The highest BCUT2D eigenvalue weighted by Gasteiger charge is 2.27. The number of ether oxygens (including phenoxy) is 3. The number of esters is 1. The van der Waals surface area contributed by atoms with Crippen LogP contribution in [0.3, 0.4) is 0 Å². The number of carbonyl (C=O) groups is 2. The van der Waals surface area contributed by atoms with Gasteiger partial charge in [0.25, 0.3) is 0 Å². The van der Waals surface area contributed by atoms with E-state index in [0.717, 1.165) is 48.6 Å². The van der Waals surface area contributed by atoms with Gasteiger partial charge in [0, 0.05) is 35.4 Å². The van der Waals surface area contributed by atoms with Gasteiger partial charge in [-0.3, -0.25) is 0 Å². The first kappa shape index (κ1) is 37.7. The maximum Gasteiger partial charge on any atom is 0.408 e. The highest BCUT2D eigenvalue weighted by atomic mass is 35.5. The molecule has 1 saturated heterocycles. The summed E-state index contributed by atoms with van der Waals surface area (Å²) in [6, 6.07) is 10.9. The van der Waals surface area contributed by atoms with Gasteiger partial charge in [0.2, 0.25) is 0 Å². The average Bonchev–Trinajstić information content (AvgIpc) is 3.81. The number of benzene rings is 1. The molecule has 2 aromatic heterocycles. The first-order valence-electron chi connectivity index (χ1n) is 16.6. The number of carbonyl (C=O) groups excluding carboxylic acids is 2. The topological polar surface area (TPSA) is 150 Å². The van der Waals surface area contributed by atoms with Gasteiger partial charge in [-0.1, -0.05) is 42.1 Å². The summed E-state index contributed by atoms with van der Waals surface area (Å²) in [5.74, 6) is 0.979. The van der Waals surface area contributed by atoms with E-state index in [1.165, 1.54) is 18.7 Å². The van der Waals surface area contributed by atoms with Crippen molar-refractivity contribution in [1.29, 1.82) is 10.5 Å². The number of pyridine rings is 1. The second-order valence-corrected chi connectivity index (χ2v) is 15.3. The number of thioether (sulfide) groups is 1. The maximum absolute atomic E-state index is 12.3. The molecule has 0 saturated carbocycles. The zero-order chi connectivity index (χ0) is 36.5. The van der Waals surface area contributed by atoms with E-state index in [0.29, 0.717) is 44.6 Å². The van der Waals surface area contributed by atoms with E-state index in [1.54, 1.807) is 56.4 Å². The van der Waals surface area contributed by atoms with Crippen LogP contribution >= 0.6 is 34.7 Å². The predicted octanol–water partition coefficient (Wildman–Crippen LogP) is 7.63. The number of nitriles is 2. The third kappa shape index (κ3) is 10.0. The van der Waals surface area contributed by atoms with Gasteiger partial charge in [-0.25, -0.2) is 19.6 Å². The van der Waals surface area contributed by atoms with Gasteiger partial charge in [0.15, 0.2) is 0 Å². The number of aromatic nitrogens is 2. The molecule has 3 heterocycles. The molecule has 5 rings (SSSR count). The molecule has 1 aromatic carbocycles. The minimum absolute atomic E-state index is 0.00132. The van der Waals surface area contributed by atoms with E-state index in [2.05, 4.69) is 28.4 Å². The van der Waals surface area contributed by atoms with E-state index in [9.17, 15) is 20.1 Å². The fourth-order valence-electron chi connectivity index (χ4n) is 5.40. The van der Waals surface area contributed by atoms with E-state index >= 15 is 0 Å². The number of allylic oxidation sites excluding steroid dienone is 4. The summed E-state index contributed by atoms with van der Waals surface area (Å²) >= 11 is 9.19. The summed E-state index contributed by atoms with van der Waals surface area (Å²) in [6.45, 7) is 8.31. The summed E-state index contributed by atoms with van der Waals surface area (Å²) in [5, 5.41) is 26.8.